The molecule has 0 heterocycles. The van der Waals surface area contributed by atoms with Gasteiger partial charge in [-0.25, -0.2) is 0 Å². The Bertz CT molecular complexity index is 393. The summed E-state index contributed by atoms with van der Waals surface area (Å²) in [7, 11) is 0. The largest absolute Gasteiger partial charge is 0.310 e. The zero-order valence-electron chi connectivity index (χ0n) is 13.0. The minimum atomic E-state index is 0.392. The minimum Gasteiger partial charge on any atom is -0.310 e. The number of aryl methyl sites for hydroxylation is 1. The number of benzene rings is 1. The number of hydrogen-bond acceptors (Lipinski definition) is 1. The van der Waals surface area contributed by atoms with Crippen LogP contribution in [-0.2, 0) is 0 Å². The van der Waals surface area contributed by atoms with Crippen molar-refractivity contribution in [3.8, 4) is 0 Å². The molecule has 0 saturated carbocycles. The Hall–Kier alpha value is -0.340. The number of rotatable bonds is 6. The van der Waals surface area contributed by atoms with Gasteiger partial charge >= 0.3 is 0 Å². The van der Waals surface area contributed by atoms with E-state index < -0.39 is 0 Å². The maximum Gasteiger partial charge on any atom is 0.0331 e. The molecule has 0 bridgehead atoms. The van der Waals surface area contributed by atoms with Crippen LogP contribution < -0.4 is 5.32 Å². The van der Waals surface area contributed by atoms with E-state index in [0.29, 0.717) is 11.5 Å². The lowest BCUT2D eigenvalue weighted by Gasteiger charge is -2.25. The maximum absolute atomic E-state index is 3.72. The Morgan fingerprint density at radius 2 is 1.95 bits per heavy atom. The highest BCUT2D eigenvalue weighted by atomic mass is 79.9. The monoisotopic (exact) mass is 325 g/mol. The Morgan fingerprint density at radius 3 is 2.47 bits per heavy atom. The van der Waals surface area contributed by atoms with Crippen molar-refractivity contribution in [2.45, 2.75) is 59.9 Å². The molecule has 1 nitrogen and oxygen atoms in total. The lowest BCUT2D eigenvalue weighted by Crippen LogP contribution is -2.24. The molecule has 1 N–H and O–H groups in total. The molecule has 0 aliphatic carbocycles. The lowest BCUT2D eigenvalue weighted by atomic mass is 9.87. The molecule has 0 fully saturated rings. The zero-order valence-corrected chi connectivity index (χ0v) is 14.6. The van der Waals surface area contributed by atoms with Crippen LogP contribution in [0.3, 0.4) is 0 Å². The average Bonchev–Trinajstić information content (AvgIpc) is 2.29. The van der Waals surface area contributed by atoms with Crippen LogP contribution in [0.25, 0.3) is 0 Å². The van der Waals surface area contributed by atoms with Gasteiger partial charge in [0.25, 0.3) is 0 Å². The van der Waals surface area contributed by atoms with Crippen molar-refractivity contribution < 1.29 is 0 Å². The predicted octanol–water partition coefficient (Wildman–Crippen LogP) is 5.62. The lowest BCUT2D eigenvalue weighted by molar-refractivity contribution is 0.332. The van der Waals surface area contributed by atoms with Gasteiger partial charge in [-0.15, -0.1) is 0 Å². The van der Waals surface area contributed by atoms with Crippen molar-refractivity contribution in [1.82, 2.24) is 5.32 Å². The fraction of sp³-hybridized carbons (Fsp3) is 0.647. The van der Waals surface area contributed by atoms with Gasteiger partial charge in [-0.3, -0.25) is 0 Å². The Balaban J connectivity index is 2.83. The highest BCUT2D eigenvalue weighted by Crippen LogP contribution is 2.31. The van der Waals surface area contributed by atoms with Crippen LogP contribution >= 0.6 is 15.9 Å². The molecule has 0 aromatic heterocycles. The van der Waals surface area contributed by atoms with Crippen molar-refractivity contribution in [2.24, 2.45) is 5.41 Å². The molecule has 0 spiro atoms. The van der Waals surface area contributed by atoms with Gasteiger partial charge in [0.15, 0.2) is 0 Å². The van der Waals surface area contributed by atoms with Gasteiger partial charge in [0, 0.05) is 10.5 Å². The van der Waals surface area contributed by atoms with Gasteiger partial charge in [0.1, 0.15) is 0 Å². The number of halogens is 1. The molecule has 0 amide bonds. The van der Waals surface area contributed by atoms with Crippen molar-refractivity contribution in [3.63, 3.8) is 0 Å². The molecular formula is C17H28BrN. The number of hydrogen-bond donors (Lipinski definition) is 1. The highest BCUT2D eigenvalue weighted by molar-refractivity contribution is 9.10. The summed E-state index contributed by atoms with van der Waals surface area (Å²) in [5.74, 6) is 0. The average molecular weight is 326 g/mol. The standard InChI is InChI=1S/C17H28BrN/c1-6-11-19-16(9-10-17(3,4)5)14-8-7-13(2)12-15(14)18/h7-8,12,16,19H,6,9-11H2,1-5H3. The van der Waals surface area contributed by atoms with Gasteiger partial charge in [-0.1, -0.05) is 55.8 Å². The van der Waals surface area contributed by atoms with Crippen LogP contribution in [0.4, 0.5) is 0 Å². The van der Waals surface area contributed by atoms with Crippen LogP contribution in [0.2, 0.25) is 0 Å². The first-order valence-electron chi connectivity index (χ1n) is 7.33. The third-order valence-electron chi connectivity index (χ3n) is 3.36. The van der Waals surface area contributed by atoms with Gasteiger partial charge in [0.2, 0.25) is 0 Å². The summed E-state index contributed by atoms with van der Waals surface area (Å²) in [6.07, 6.45) is 3.59. The van der Waals surface area contributed by atoms with E-state index in [-0.39, 0.29) is 0 Å². The molecule has 2 heteroatoms. The highest BCUT2D eigenvalue weighted by Gasteiger charge is 2.18. The summed E-state index contributed by atoms with van der Waals surface area (Å²) in [5, 5.41) is 3.69. The molecule has 1 atom stereocenters. The van der Waals surface area contributed by atoms with E-state index in [1.165, 1.54) is 34.9 Å². The summed E-state index contributed by atoms with van der Waals surface area (Å²) in [6, 6.07) is 7.13. The third-order valence-corrected chi connectivity index (χ3v) is 4.04. The quantitative estimate of drug-likeness (QED) is 0.715. The second-order valence-electron chi connectivity index (χ2n) is 6.63. The normalized spacial score (nSPS) is 13.6. The van der Waals surface area contributed by atoms with Gasteiger partial charge in [-0.2, -0.15) is 0 Å². The minimum absolute atomic E-state index is 0.392. The first kappa shape index (κ1) is 16.7. The van der Waals surface area contributed by atoms with Crippen LogP contribution in [0.1, 0.15) is 64.1 Å². The summed E-state index contributed by atoms with van der Waals surface area (Å²) >= 11 is 3.72. The van der Waals surface area contributed by atoms with E-state index in [2.05, 4.69) is 74.1 Å². The second kappa shape index (κ2) is 7.44. The molecule has 1 unspecified atom stereocenters. The zero-order chi connectivity index (χ0) is 14.5. The maximum atomic E-state index is 3.72. The van der Waals surface area contributed by atoms with Crippen LogP contribution in [-0.4, -0.2) is 6.54 Å². The first-order chi connectivity index (χ1) is 8.83. The van der Waals surface area contributed by atoms with E-state index in [9.17, 15) is 0 Å². The molecule has 1 aromatic rings. The molecule has 1 aromatic carbocycles. The molecule has 0 aliphatic rings. The van der Waals surface area contributed by atoms with Crippen molar-refractivity contribution in [1.29, 1.82) is 0 Å². The fourth-order valence-electron chi connectivity index (χ4n) is 2.18. The first-order valence-corrected chi connectivity index (χ1v) is 8.12. The molecular weight excluding hydrogens is 298 g/mol. The van der Waals surface area contributed by atoms with Crippen LogP contribution in [0.15, 0.2) is 22.7 Å². The van der Waals surface area contributed by atoms with Crippen LogP contribution in [0, 0.1) is 12.3 Å². The van der Waals surface area contributed by atoms with Crippen LogP contribution in [0.5, 0.6) is 0 Å². The van der Waals surface area contributed by atoms with Gasteiger partial charge < -0.3 is 5.32 Å². The Labute approximate surface area is 127 Å². The predicted molar refractivity (Wildman–Crippen MR) is 88.6 cm³/mol. The molecule has 0 radical (unpaired) electrons. The third kappa shape index (κ3) is 6.09. The Kier molecular flexibility index (Phi) is 6.55. The number of nitrogens with one attached hydrogen (secondary N) is 1. The van der Waals surface area contributed by atoms with E-state index in [0.717, 1.165) is 6.54 Å². The van der Waals surface area contributed by atoms with Crippen molar-refractivity contribution in [3.05, 3.63) is 33.8 Å². The smallest absolute Gasteiger partial charge is 0.0331 e. The SMILES string of the molecule is CCCNC(CCC(C)(C)C)c1ccc(C)cc1Br. The molecule has 0 saturated heterocycles. The van der Waals surface area contributed by atoms with Crippen molar-refractivity contribution >= 4 is 15.9 Å². The molecule has 19 heavy (non-hydrogen) atoms. The van der Waals surface area contributed by atoms with E-state index in [1.54, 1.807) is 0 Å². The summed E-state index contributed by atoms with van der Waals surface area (Å²) in [4.78, 5) is 0. The van der Waals surface area contributed by atoms with Gasteiger partial charge in [-0.05, 0) is 55.3 Å². The van der Waals surface area contributed by atoms with E-state index in [1.807, 2.05) is 0 Å². The fourth-order valence-corrected chi connectivity index (χ4v) is 2.95. The second-order valence-corrected chi connectivity index (χ2v) is 7.49. The molecule has 1 rings (SSSR count). The summed E-state index contributed by atoms with van der Waals surface area (Å²) in [5.41, 5.74) is 3.09. The van der Waals surface area contributed by atoms with Gasteiger partial charge in [0.05, 0.1) is 0 Å². The topological polar surface area (TPSA) is 12.0 Å². The van der Waals surface area contributed by atoms with E-state index >= 15 is 0 Å². The molecule has 108 valence electrons. The molecule has 0 aliphatic heterocycles. The van der Waals surface area contributed by atoms with Crippen molar-refractivity contribution in [2.75, 3.05) is 6.54 Å². The van der Waals surface area contributed by atoms with E-state index in [4.69, 9.17) is 0 Å². The summed E-state index contributed by atoms with van der Waals surface area (Å²) < 4.78 is 1.23. The summed E-state index contributed by atoms with van der Waals surface area (Å²) in [6.45, 7) is 12.4. The Morgan fingerprint density at radius 1 is 1.26 bits per heavy atom.